The van der Waals surface area contributed by atoms with Crippen molar-refractivity contribution in [3.8, 4) is 0 Å². The first kappa shape index (κ1) is 41.9. The molecule has 2 saturated heterocycles. The molecule has 7 aliphatic rings. The quantitative estimate of drug-likeness (QED) is 0.104. The molecular weight excluding hydrogens is 716 g/mol. The van der Waals surface area contributed by atoms with Gasteiger partial charge in [0.2, 0.25) is 6.29 Å². The summed E-state index contributed by atoms with van der Waals surface area (Å²) in [7, 11) is 0. The molecule has 55 heavy (non-hydrogen) atoms. The molecule has 9 N–H and O–H groups in total. The highest BCUT2D eigenvalue weighted by Gasteiger charge is 2.72. The molecule has 14 heteroatoms. The maximum Gasteiger partial charge on any atom is 0.315 e. The minimum atomic E-state index is -1.73. The van der Waals surface area contributed by atoms with E-state index >= 15 is 0 Å². The van der Waals surface area contributed by atoms with Crippen LogP contribution in [-0.2, 0) is 23.7 Å². The standard InChI is InChI=1S/C41H66O14/c1-20-9-14-41(35(50)55-34-31(49)29(47)28(46)23(17-42)53-34)16-15-38(4)21(32(41)40(20,6)51)7-8-25-36(2)12-11-26(54-33-30(48)27(45)22(44)18-52-33)37(3,19-43)24(36)10-13-39(25,38)5/h7,20,22-34,42-49,51H,8-19H2,1-6H3/t20-,22-,23-,24-,25-,26?,27+,28-,29+,30-,31-,32-,33+,34+,36+,37+,38-,39-,40-,41+/m1/s1. The van der Waals surface area contributed by atoms with Crippen molar-refractivity contribution in [2.24, 2.45) is 50.7 Å². The topological polar surface area (TPSA) is 236 Å². The van der Waals surface area contributed by atoms with E-state index < -0.39 is 102 Å². The Labute approximate surface area is 323 Å². The predicted octanol–water partition coefficient (Wildman–Crippen LogP) is 0.899. The molecule has 2 aliphatic heterocycles. The van der Waals surface area contributed by atoms with E-state index in [4.69, 9.17) is 18.9 Å². The lowest BCUT2D eigenvalue weighted by Gasteiger charge is -2.72. The summed E-state index contributed by atoms with van der Waals surface area (Å²) in [5.74, 6) is -1.14. The monoisotopic (exact) mass is 782 g/mol. The molecule has 20 atom stereocenters. The molecular formula is C41H66O14. The van der Waals surface area contributed by atoms with Crippen LogP contribution < -0.4 is 0 Å². The van der Waals surface area contributed by atoms with Crippen molar-refractivity contribution in [3.63, 3.8) is 0 Å². The van der Waals surface area contributed by atoms with Gasteiger partial charge in [-0.3, -0.25) is 4.79 Å². The Morgan fingerprint density at radius 3 is 2.18 bits per heavy atom. The van der Waals surface area contributed by atoms with Crippen LogP contribution in [-0.4, -0.2) is 139 Å². The van der Waals surface area contributed by atoms with Gasteiger partial charge in [0.15, 0.2) is 6.29 Å². The molecule has 0 aromatic heterocycles. The molecule has 14 nitrogen and oxygen atoms in total. The minimum absolute atomic E-state index is 0.0469. The van der Waals surface area contributed by atoms with Gasteiger partial charge in [0.1, 0.15) is 42.7 Å². The van der Waals surface area contributed by atoms with Gasteiger partial charge in [0.25, 0.3) is 0 Å². The molecule has 5 aliphatic carbocycles. The molecule has 0 radical (unpaired) electrons. The molecule has 0 amide bonds. The molecule has 1 unspecified atom stereocenters. The Hall–Kier alpha value is -1.27. The van der Waals surface area contributed by atoms with E-state index in [9.17, 15) is 50.8 Å². The number of carbonyl (C=O) groups is 1. The summed E-state index contributed by atoms with van der Waals surface area (Å²) in [6.45, 7) is 11.9. The second-order valence-electron chi connectivity index (χ2n) is 19.7. The Morgan fingerprint density at radius 1 is 0.818 bits per heavy atom. The molecule has 7 rings (SSSR count). The molecule has 6 fully saturated rings. The van der Waals surface area contributed by atoms with Gasteiger partial charge >= 0.3 is 5.97 Å². The van der Waals surface area contributed by atoms with E-state index in [1.54, 1.807) is 0 Å². The van der Waals surface area contributed by atoms with E-state index in [2.05, 4.69) is 26.8 Å². The first-order valence-electron chi connectivity index (χ1n) is 20.5. The molecule has 2 heterocycles. The van der Waals surface area contributed by atoms with Gasteiger partial charge in [-0.2, -0.15) is 0 Å². The smallest absolute Gasteiger partial charge is 0.315 e. The number of allylic oxidation sites excluding steroid dienone is 1. The molecule has 4 saturated carbocycles. The van der Waals surface area contributed by atoms with Crippen LogP contribution in [0.25, 0.3) is 0 Å². The third-order valence-electron chi connectivity index (χ3n) is 17.4. The summed E-state index contributed by atoms with van der Waals surface area (Å²) in [5.41, 5.74) is -2.97. The summed E-state index contributed by atoms with van der Waals surface area (Å²) in [5, 5.41) is 96.0. The number of ether oxygens (including phenoxy) is 4. The van der Waals surface area contributed by atoms with Crippen molar-refractivity contribution in [2.75, 3.05) is 19.8 Å². The Morgan fingerprint density at radius 2 is 1.51 bits per heavy atom. The van der Waals surface area contributed by atoms with Crippen LogP contribution in [0.3, 0.4) is 0 Å². The maximum atomic E-state index is 14.6. The van der Waals surface area contributed by atoms with E-state index in [1.165, 1.54) is 0 Å². The van der Waals surface area contributed by atoms with E-state index in [1.807, 2.05) is 20.8 Å². The molecule has 0 spiro atoms. The fourth-order valence-electron chi connectivity index (χ4n) is 13.5. The molecule has 0 aromatic carbocycles. The predicted molar refractivity (Wildman–Crippen MR) is 194 cm³/mol. The van der Waals surface area contributed by atoms with Gasteiger partial charge in [-0.15, -0.1) is 0 Å². The van der Waals surface area contributed by atoms with Crippen LogP contribution in [0.4, 0.5) is 0 Å². The largest absolute Gasteiger partial charge is 0.432 e. The fraction of sp³-hybridized carbons (Fsp3) is 0.927. The maximum absolute atomic E-state index is 14.6. The van der Waals surface area contributed by atoms with E-state index in [-0.39, 0.29) is 41.8 Å². The lowest BCUT2D eigenvalue weighted by Crippen LogP contribution is -2.69. The van der Waals surface area contributed by atoms with Crippen molar-refractivity contribution in [1.29, 1.82) is 0 Å². The van der Waals surface area contributed by atoms with Crippen molar-refractivity contribution in [1.82, 2.24) is 0 Å². The summed E-state index contributed by atoms with van der Waals surface area (Å²) in [4.78, 5) is 14.6. The fourth-order valence-corrected chi connectivity index (χ4v) is 13.5. The molecule has 314 valence electrons. The number of hydrogen-bond donors (Lipinski definition) is 9. The van der Waals surface area contributed by atoms with Gasteiger partial charge in [0.05, 0.1) is 36.9 Å². The van der Waals surface area contributed by atoms with Crippen LogP contribution in [0.1, 0.15) is 99.3 Å². The zero-order valence-electron chi connectivity index (χ0n) is 33.2. The lowest BCUT2D eigenvalue weighted by atomic mass is 9.33. The van der Waals surface area contributed by atoms with E-state index in [0.717, 1.165) is 24.8 Å². The average molecular weight is 783 g/mol. The van der Waals surface area contributed by atoms with Crippen molar-refractivity contribution < 1.29 is 69.7 Å². The summed E-state index contributed by atoms with van der Waals surface area (Å²) >= 11 is 0. The van der Waals surface area contributed by atoms with Crippen LogP contribution >= 0.6 is 0 Å². The lowest BCUT2D eigenvalue weighted by molar-refractivity contribution is -0.313. The van der Waals surface area contributed by atoms with Gasteiger partial charge < -0.3 is 64.9 Å². The number of carbonyl (C=O) groups excluding carboxylic acids is 1. The van der Waals surface area contributed by atoms with Crippen LogP contribution in [0, 0.1) is 50.7 Å². The summed E-state index contributed by atoms with van der Waals surface area (Å²) in [6, 6.07) is 0. The third kappa shape index (κ3) is 5.89. The second kappa shape index (κ2) is 14.2. The Bertz CT molecular complexity index is 1490. The SMILES string of the molecule is C[C@@H]1CC[C@]2(C(=O)O[C@@H]3O[C@H](CO)[C@@H](O)[C@H](O)[C@H]3O)CC[C@]3(C)C(=CC[C@@H]4[C@@]5(C)CCC(O[C@@H]6OC[C@@H](O)[C@H](O)[C@H]6O)[C@@](C)(CO)[C@@H]5CC[C@]43C)[C@@H]2[C@]1(C)O. The zero-order chi connectivity index (χ0) is 40.3. The highest BCUT2D eigenvalue weighted by Crippen LogP contribution is 2.76. The first-order valence-corrected chi connectivity index (χ1v) is 20.5. The van der Waals surface area contributed by atoms with Crippen LogP contribution in [0.2, 0.25) is 0 Å². The van der Waals surface area contributed by atoms with Gasteiger partial charge in [-0.25, -0.2) is 0 Å². The molecule has 0 aromatic rings. The van der Waals surface area contributed by atoms with Crippen LogP contribution in [0.5, 0.6) is 0 Å². The van der Waals surface area contributed by atoms with Gasteiger partial charge in [-0.05, 0) is 98.7 Å². The van der Waals surface area contributed by atoms with Crippen molar-refractivity contribution >= 4 is 5.97 Å². The number of rotatable bonds is 6. The Balaban J connectivity index is 1.20. The highest BCUT2D eigenvalue weighted by molar-refractivity contribution is 5.79. The second-order valence-corrected chi connectivity index (χ2v) is 19.7. The summed E-state index contributed by atoms with van der Waals surface area (Å²) in [6.07, 6.45) is -5.44. The van der Waals surface area contributed by atoms with Crippen molar-refractivity contribution in [2.45, 2.75) is 166 Å². The first-order chi connectivity index (χ1) is 25.7. The number of aliphatic hydroxyl groups excluding tert-OH is 8. The van der Waals surface area contributed by atoms with Gasteiger partial charge in [0, 0.05) is 11.3 Å². The zero-order valence-corrected chi connectivity index (χ0v) is 33.2. The number of esters is 1. The average Bonchev–Trinajstić information content (AvgIpc) is 3.14. The normalized spacial score (nSPS) is 56.6. The Kier molecular flexibility index (Phi) is 10.8. The van der Waals surface area contributed by atoms with E-state index in [0.29, 0.717) is 38.5 Å². The number of fused-ring (bicyclic) bond motifs is 7. The van der Waals surface area contributed by atoms with Gasteiger partial charge in [-0.1, -0.05) is 46.3 Å². The van der Waals surface area contributed by atoms with Crippen LogP contribution in [0.15, 0.2) is 11.6 Å². The van der Waals surface area contributed by atoms with Crippen molar-refractivity contribution in [3.05, 3.63) is 11.6 Å². The number of hydrogen-bond acceptors (Lipinski definition) is 14. The number of aliphatic hydroxyl groups is 9. The third-order valence-corrected chi connectivity index (χ3v) is 17.4. The summed E-state index contributed by atoms with van der Waals surface area (Å²) < 4.78 is 23.5. The highest BCUT2D eigenvalue weighted by atomic mass is 16.7. The molecule has 0 bridgehead atoms. The minimum Gasteiger partial charge on any atom is -0.432 e.